The van der Waals surface area contributed by atoms with E-state index >= 15 is 0 Å². The Morgan fingerprint density at radius 1 is 0.744 bits per heavy atom. The van der Waals surface area contributed by atoms with Gasteiger partial charge in [-0.3, -0.25) is 14.3 Å². The second-order valence-electron chi connectivity index (χ2n) is 10.7. The number of fused-ring (bicyclic) bond motifs is 1. The highest BCUT2D eigenvalue weighted by Crippen LogP contribution is 2.38. The van der Waals surface area contributed by atoms with Gasteiger partial charge in [0.05, 0.1) is 17.6 Å². The van der Waals surface area contributed by atoms with Crippen LogP contribution in [-0.4, -0.2) is 21.1 Å². The molecule has 0 atom stereocenters. The predicted octanol–water partition coefficient (Wildman–Crippen LogP) is 7.15. The molecule has 0 aliphatic rings. The van der Waals surface area contributed by atoms with Crippen LogP contribution in [0.25, 0.3) is 26.3 Å². The van der Waals surface area contributed by atoms with Crippen LogP contribution < -0.4 is 11.2 Å². The van der Waals surface area contributed by atoms with Crippen LogP contribution in [0.15, 0.2) is 113 Å². The van der Waals surface area contributed by atoms with Gasteiger partial charge in [-0.05, 0) is 54.9 Å². The normalized spacial score (nSPS) is 11.5. The van der Waals surface area contributed by atoms with Crippen molar-refractivity contribution < 1.29 is 8.78 Å². The van der Waals surface area contributed by atoms with E-state index in [-0.39, 0.29) is 12.1 Å². The second-order valence-corrected chi connectivity index (χ2v) is 11.7. The van der Waals surface area contributed by atoms with Gasteiger partial charge in [0.2, 0.25) is 0 Å². The van der Waals surface area contributed by atoms with Gasteiger partial charge in [-0.25, -0.2) is 18.1 Å². The first-order valence-electron chi connectivity index (χ1n) is 13.9. The van der Waals surface area contributed by atoms with E-state index in [9.17, 15) is 18.4 Å². The number of aryl methyl sites for hydroxylation is 1. The van der Waals surface area contributed by atoms with E-state index in [1.807, 2.05) is 68.6 Å². The molecular formula is C35H29F2N3O2S. The first-order valence-corrected chi connectivity index (χ1v) is 14.7. The topological polar surface area (TPSA) is 47.2 Å². The summed E-state index contributed by atoms with van der Waals surface area (Å²) in [4.78, 5) is 31.7. The lowest BCUT2D eigenvalue weighted by atomic mass is 10.0. The van der Waals surface area contributed by atoms with E-state index in [0.29, 0.717) is 29.0 Å². The summed E-state index contributed by atoms with van der Waals surface area (Å²) in [7, 11) is 1.98. The number of para-hydroxylation sites is 1. The summed E-state index contributed by atoms with van der Waals surface area (Å²) in [6.07, 6.45) is 0. The highest BCUT2D eigenvalue weighted by Gasteiger charge is 2.25. The van der Waals surface area contributed by atoms with E-state index in [1.54, 1.807) is 30.3 Å². The van der Waals surface area contributed by atoms with Gasteiger partial charge in [-0.15, -0.1) is 11.3 Å². The molecule has 2 aromatic heterocycles. The molecule has 43 heavy (non-hydrogen) atoms. The lowest BCUT2D eigenvalue weighted by molar-refractivity contribution is 0.321. The Hall–Kier alpha value is -4.66. The standard InChI is InChI=1S/C35H29F2N3O2S/c1-23-16-18-25(19-17-23)32-28(21-38(2)20-24-10-5-3-6-11-24)31-33(41)40(26-12-7-4-8-13-26)35(42)39(34(31)43-32)22-27-29(36)14-9-15-30(27)37/h3-19H,20-22H2,1-2H3. The highest BCUT2D eigenvalue weighted by molar-refractivity contribution is 7.22. The first-order chi connectivity index (χ1) is 20.8. The van der Waals surface area contributed by atoms with E-state index in [2.05, 4.69) is 4.90 Å². The molecule has 0 spiro atoms. The van der Waals surface area contributed by atoms with Crippen molar-refractivity contribution in [2.75, 3.05) is 7.05 Å². The minimum atomic E-state index is -0.754. The number of aromatic nitrogens is 2. The average molecular weight is 594 g/mol. The fourth-order valence-corrected chi connectivity index (χ4v) is 6.67. The fraction of sp³-hybridized carbons (Fsp3) is 0.143. The fourth-order valence-electron chi connectivity index (χ4n) is 5.36. The zero-order chi connectivity index (χ0) is 30.1. The number of rotatable bonds is 8. The van der Waals surface area contributed by atoms with Gasteiger partial charge in [0.15, 0.2) is 0 Å². The summed E-state index contributed by atoms with van der Waals surface area (Å²) in [5.74, 6) is -1.51. The Labute approximate surface area is 251 Å². The Bertz CT molecular complexity index is 2010. The largest absolute Gasteiger partial charge is 0.337 e. The molecule has 5 nitrogen and oxygen atoms in total. The molecule has 0 saturated heterocycles. The minimum absolute atomic E-state index is 0.239. The first kappa shape index (κ1) is 28.5. The van der Waals surface area contributed by atoms with Gasteiger partial charge >= 0.3 is 5.69 Å². The van der Waals surface area contributed by atoms with Crippen LogP contribution in [0.4, 0.5) is 8.78 Å². The number of thiophene rings is 1. The third-order valence-corrected chi connectivity index (χ3v) is 8.81. The van der Waals surface area contributed by atoms with Crippen LogP contribution in [-0.2, 0) is 19.6 Å². The number of hydrogen-bond donors (Lipinski definition) is 0. The lowest BCUT2D eigenvalue weighted by Crippen LogP contribution is -2.39. The second kappa shape index (κ2) is 11.9. The van der Waals surface area contributed by atoms with Crippen molar-refractivity contribution in [3.8, 4) is 16.1 Å². The molecular weight excluding hydrogens is 564 g/mol. The Morgan fingerprint density at radius 2 is 1.37 bits per heavy atom. The maximum atomic E-state index is 14.9. The van der Waals surface area contributed by atoms with E-state index in [1.165, 1.54) is 34.1 Å². The molecule has 6 aromatic rings. The van der Waals surface area contributed by atoms with E-state index in [0.717, 1.165) is 31.7 Å². The van der Waals surface area contributed by atoms with Crippen molar-refractivity contribution in [3.05, 3.63) is 158 Å². The average Bonchev–Trinajstić information content (AvgIpc) is 3.37. The Morgan fingerprint density at radius 3 is 2.02 bits per heavy atom. The van der Waals surface area contributed by atoms with Crippen LogP contribution in [0, 0.1) is 18.6 Å². The zero-order valence-corrected chi connectivity index (χ0v) is 24.6. The number of hydrogen-bond acceptors (Lipinski definition) is 4. The molecule has 0 unspecified atom stereocenters. The van der Waals surface area contributed by atoms with E-state index < -0.39 is 22.9 Å². The van der Waals surface area contributed by atoms with Gasteiger partial charge in [-0.1, -0.05) is 84.4 Å². The van der Waals surface area contributed by atoms with Crippen LogP contribution in [0.3, 0.4) is 0 Å². The molecule has 6 rings (SSSR count). The molecule has 0 radical (unpaired) electrons. The molecule has 0 N–H and O–H groups in total. The number of nitrogens with zero attached hydrogens (tertiary/aromatic N) is 3. The molecule has 0 bridgehead atoms. The predicted molar refractivity (Wildman–Crippen MR) is 169 cm³/mol. The molecule has 216 valence electrons. The molecule has 0 fully saturated rings. The SMILES string of the molecule is Cc1ccc(-c2sc3c(c2CN(C)Cc2ccccc2)c(=O)n(-c2ccccc2)c(=O)n3Cc2c(F)cccc2F)cc1. The summed E-state index contributed by atoms with van der Waals surface area (Å²) >= 11 is 1.30. The number of benzene rings is 4. The summed E-state index contributed by atoms with van der Waals surface area (Å²) in [5, 5.41) is 0.362. The van der Waals surface area contributed by atoms with Crippen LogP contribution in [0.1, 0.15) is 22.3 Å². The van der Waals surface area contributed by atoms with Crippen molar-refractivity contribution in [1.29, 1.82) is 0 Å². The molecule has 4 aromatic carbocycles. The van der Waals surface area contributed by atoms with Crippen LogP contribution in [0.2, 0.25) is 0 Å². The zero-order valence-electron chi connectivity index (χ0n) is 23.8. The maximum absolute atomic E-state index is 14.9. The third-order valence-electron chi connectivity index (χ3n) is 7.50. The van der Waals surface area contributed by atoms with Crippen molar-refractivity contribution in [2.45, 2.75) is 26.6 Å². The summed E-state index contributed by atoms with van der Waals surface area (Å²) in [6, 6.07) is 30.3. The highest BCUT2D eigenvalue weighted by atomic mass is 32.1. The molecule has 0 saturated carbocycles. The van der Waals surface area contributed by atoms with Gasteiger partial charge in [-0.2, -0.15) is 0 Å². The van der Waals surface area contributed by atoms with Gasteiger partial charge in [0.25, 0.3) is 5.56 Å². The smallest absolute Gasteiger partial charge is 0.298 e. The maximum Gasteiger partial charge on any atom is 0.337 e. The quantitative estimate of drug-likeness (QED) is 0.188. The number of halogens is 2. The molecule has 2 heterocycles. The van der Waals surface area contributed by atoms with Gasteiger partial charge in [0, 0.05) is 23.5 Å². The summed E-state index contributed by atoms with van der Waals surface area (Å²) in [6.45, 7) is 2.68. The van der Waals surface area contributed by atoms with E-state index in [4.69, 9.17) is 0 Å². The Balaban J connectivity index is 1.64. The molecule has 0 aliphatic heterocycles. The van der Waals surface area contributed by atoms with Gasteiger partial charge < -0.3 is 0 Å². The third kappa shape index (κ3) is 5.59. The summed E-state index contributed by atoms with van der Waals surface area (Å²) < 4.78 is 32.3. The van der Waals surface area contributed by atoms with Crippen LogP contribution in [0.5, 0.6) is 0 Å². The van der Waals surface area contributed by atoms with Crippen molar-refractivity contribution in [3.63, 3.8) is 0 Å². The monoisotopic (exact) mass is 593 g/mol. The molecule has 8 heteroatoms. The van der Waals surface area contributed by atoms with Crippen LogP contribution >= 0.6 is 11.3 Å². The minimum Gasteiger partial charge on any atom is -0.298 e. The molecule has 0 aliphatic carbocycles. The van der Waals surface area contributed by atoms with Crippen molar-refractivity contribution in [2.24, 2.45) is 0 Å². The summed E-state index contributed by atoms with van der Waals surface area (Å²) in [5.41, 5.74) is 2.89. The van der Waals surface area contributed by atoms with Gasteiger partial charge in [0.1, 0.15) is 16.5 Å². The van der Waals surface area contributed by atoms with Crippen molar-refractivity contribution >= 4 is 21.6 Å². The van der Waals surface area contributed by atoms with Crippen molar-refractivity contribution in [1.82, 2.24) is 14.0 Å². The lowest BCUT2D eigenvalue weighted by Gasteiger charge is -2.18. The molecule has 0 amide bonds. The Kier molecular flexibility index (Phi) is 7.88.